The fraction of sp³-hybridized carbons (Fsp3) is 0.417. The molecule has 0 saturated carbocycles. The van der Waals surface area contributed by atoms with Gasteiger partial charge in [-0.3, -0.25) is 4.99 Å². The van der Waals surface area contributed by atoms with E-state index in [1.165, 1.54) is 11.5 Å². The van der Waals surface area contributed by atoms with Crippen molar-refractivity contribution in [2.45, 2.75) is 18.9 Å². The number of nitrogens with zero attached hydrogens (tertiary/aromatic N) is 1. The van der Waals surface area contributed by atoms with Gasteiger partial charge >= 0.3 is 0 Å². The third-order valence-corrected chi connectivity index (χ3v) is 3.63. The monoisotopic (exact) mass is 220 g/mol. The molecule has 0 atom stereocenters. The summed E-state index contributed by atoms with van der Waals surface area (Å²) in [5.41, 5.74) is 7.01. The van der Waals surface area contributed by atoms with E-state index in [0.717, 1.165) is 18.4 Å². The van der Waals surface area contributed by atoms with Crippen LogP contribution in [-0.4, -0.2) is 23.4 Å². The first-order valence-electron chi connectivity index (χ1n) is 5.33. The van der Waals surface area contributed by atoms with Crippen LogP contribution in [-0.2, 0) is 0 Å². The smallest absolute Gasteiger partial charge is 0.125 e. The van der Waals surface area contributed by atoms with Crippen LogP contribution in [0.3, 0.4) is 0 Å². The van der Waals surface area contributed by atoms with Crippen LogP contribution in [0.15, 0.2) is 35.3 Å². The molecule has 0 aromatic heterocycles. The number of thioether (sulfide) groups is 1. The predicted molar refractivity (Wildman–Crippen MR) is 67.5 cm³/mol. The summed E-state index contributed by atoms with van der Waals surface area (Å²) in [4.78, 5) is 4.59. The third kappa shape index (κ3) is 2.99. The van der Waals surface area contributed by atoms with E-state index in [-0.39, 0.29) is 0 Å². The maximum Gasteiger partial charge on any atom is 0.125 e. The Balaban J connectivity index is 2.06. The van der Waals surface area contributed by atoms with Crippen molar-refractivity contribution in [3.63, 3.8) is 0 Å². The van der Waals surface area contributed by atoms with E-state index >= 15 is 0 Å². The molecule has 2 N–H and O–H groups in total. The van der Waals surface area contributed by atoms with E-state index in [1.54, 1.807) is 0 Å². The second-order valence-electron chi connectivity index (χ2n) is 3.72. The summed E-state index contributed by atoms with van der Waals surface area (Å²) in [5, 5.41) is 0. The molecule has 1 saturated heterocycles. The van der Waals surface area contributed by atoms with E-state index in [4.69, 9.17) is 5.73 Å². The van der Waals surface area contributed by atoms with Crippen LogP contribution in [0.5, 0.6) is 0 Å². The molecular weight excluding hydrogens is 204 g/mol. The summed E-state index contributed by atoms with van der Waals surface area (Å²) in [7, 11) is 0. The maximum absolute atomic E-state index is 5.97. The average molecular weight is 220 g/mol. The quantitative estimate of drug-likeness (QED) is 0.613. The molecule has 2 nitrogen and oxygen atoms in total. The Kier molecular flexibility index (Phi) is 3.67. The zero-order valence-electron chi connectivity index (χ0n) is 8.73. The highest BCUT2D eigenvalue weighted by atomic mass is 32.2. The zero-order valence-corrected chi connectivity index (χ0v) is 9.54. The summed E-state index contributed by atoms with van der Waals surface area (Å²) in [5.74, 6) is 3.12. The fourth-order valence-electron chi connectivity index (χ4n) is 1.69. The largest absolute Gasteiger partial charge is 0.383 e. The summed E-state index contributed by atoms with van der Waals surface area (Å²) in [6.07, 6.45) is 2.33. The second kappa shape index (κ2) is 5.21. The summed E-state index contributed by atoms with van der Waals surface area (Å²) in [6.45, 7) is 0. The first-order valence-corrected chi connectivity index (χ1v) is 6.48. The van der Waals surface area contributed by atoms with E-state index in [1.807, 2.05) is 42.1 Å². The van der Waals surface area contributed by atoms with Crippen molar-refractivity contribution in [3.8, 4) is 0 Å². The van der Waals surface area contributed by atoms with Gasteiger partial charge in [-0.05, 0) is 24.3 Å². The fourth-order valence-corrected chi connectivity index (χ4v) is 2.78. The predicted octanol–water partition coefficient (Wildman–Crippen LogP) is 2.29. The number of hydrogen-bond donors (Lipinski definition) is 1. The number of rotatable bonds is 2. The van der Waals surface area contributed by atoms with E-state index in [2.05, 4.69) is 4.99 Å². The Hall–Kier alpha value is -0.960. The molecule has 2 rings (SSSR count). The Morgan fingerprint density at radius 3 is 2.53 bits per heavy atom. The molecule has 1 aliphatic heterocycles. The minimum atomic E-state index is 0.437. The number of amidine groups is 1. The SMILES string of the molecule is NC(=NC1CCSCC1)c1ccccc1. The summed E-state index contributed by atoms with van der Waals surface area (Å²) in [6, 6.07) is 10.4. The van der Waals surface area contributed by atoms with Gasteiger partial charge in [-0.15, -0.1) is 0 Å². The highest BCUT2D eigenvalue weighted by molar-refractivity contribution is 7.99. The van der Waals surface area contributed by atoms with Crippen LogP contribution >= 0.6 is 11.8 Å². The second-order valence-corrected chi connectivity index (χ2v) is 4.95. The van der Waals surface area contributed by atoms with E-state index in [0.29, 0.717) is 11.9 Å². The van der Waals surface area contributed by atoms with Crippen molar-refractivity contribution in [2.75, 3.05) is 11.5 Å². The summed E-state index contributed by atoms with van der Waals surface area (Å²) < 4.78 is 0. The van der Waals surface area contributed by atoms with Gasteiger partial charge in [-0.25, -0.2) is 0 Å². The lowest BCUT2D eigenvalue weighted by Gasteiger charge is -2.18. The summed E-state index contributed by atoms with van der Waals surface area (Å²) >= 11 is 2.01. The van der Waals surface area contributed by atoms with Gasteiger partial charge in [0.25, 0.3) is 0 Å². The van der Waals surface area contributed by atoms with Gasteiger partial charge in [0.15, 0.2) is 0 Å². The Labute approximate surface area is 95.0 Å². The van der Waals surface area contributed by atoms with Gasteiger partial charge in [-0.2, -0.15) is 11.8 Å². The normalized spacial score (nSPS) is 19.1. The van der Waals surface area contributed by atoms with E-state index < -0.39 is 0 Å². The molecule has 1 fully saturated rings. The average Bonchev–Trinajstić information content (AvgIpc) is 2.31. The molecule has 80 valence electrons. The van der Waals surface area contributed by atoms with Gasteiger partial charge in [0.1, 0.15) is 5.84 Å². The highest BCUT2D eigenvalue weighted by Gasteiger charge is 2.12. The molecule has 1 aromatic rings. The van der Waals surface area contributed by atoms with Crippen LogP contribution in [0.2, 0.25) is 0 Å². The standard InChI is InChI=1S/C12H16N2S/c13-12(10-4-2-1-3-5-10)14-11-6-8-15-9-7-11/h1-5,11H,6-9H2,(H2,13,14). The Bertz CT molecular complexity index is 329. The van der Waals surface area contributed by atoms with Crippen LogP contribution in [0.1, 0.15) is 18.4 Å². The molecule has 0 unspecified atom stereocenters. The molecule has 1 aromatic carbocycles. The third-order valence-electron chi connectivity index (χ3n) is 2.58. The molecular formula is C12H16N2S. The molecule has 1 aliphatic rings. The van der Waals surface area contributed by atoms with Gasteiger partial charge in [-0.1, -0.05) is 30.3 Å². The minimum absolute atomic E-state index is 0.437. The van der Waals surface area contributed by atoms with Crippen LogP contribution < -0.4 is 5.73 Å². The lowest BCUT2D eigenvalue weighted by Crippen LogP contribution is -2.20. The lowest BCUT2D eigenvalue weighted by atomic mass is 10.1. The van der Waals surface area contributed by atoms with Gasteiger partial charge in [0.2, 0.25) is 0 Å². The molecule has 3 heteroatoms. The first-order chi connectivity index (χ1) is 7.36. The van der Waals surface area contributed by atoms with Gasteiger partial charge in [0, 0.05) is 5.56 Å². The molecule has 15 heavy (non-hydrogen) atoms. The van der Waals surface area contributed by atoms with Crippen LogP contribution in [0.25, 0.3) is 0 Å². The Morgan fingerprint density at radius 1 is 1.20 bits per heavy atom. The molecule has 0 aliphatic carbocycles. The van der Waals surface area contributed by atoms with Crippen molar-refractivity contribution >= 4 is 17.6 Å². The number of aliphatic imine (C=N–C) groups is 1. The number of benzene rings is 1. The molecule has 1 heterocycles. The van der Waals surface area contributed by atoms with Gasteiger partial charge < -0.3 is 5.73 Å². The van der Waals surface area contributed by atoms with Crippen molar-refractivity contribution in [1.29, 1.82) is 0 Å². The van der Waals surface area contributed by atoms with Crippen molar-refractivity contribution in [2.24, 2.45) is 10.7 Å². The molecule has 0 bridgehead atoms. The van der Waals surface area contributed by atoms with Crippen molar-refractivity contribution in [3.05, 3.63) is 35.9 Å². The van der Waals surface area contributed by atoms with E-state index in [9.17, 15) is 0 Å². The number of nitrogens with two attached hydrogens (primary N) is 1. The maximum atomic E-state index is 5.97. The molecule has 0 spiro atoms. The lowest BCUT2D eigenvalue weighted by molar-refractivity contribution is 0.627. The zero-order chi connectivity index (χ0) is 10.5. The van der Waals surface area contributed by atoms with Crippen molar-refractivity contribution in [1.82, 2.24) is 0 Å². The number of hydrogen-bond acceptors (Lipinski definition) is 2. The van der Waals surface area contributed by atoms with Gasteiger partial charge in [0.05, 0.1) is 6.04 Å². The van der Waals surface area contributed by atoms with Crippen LogP contribution in [0.4, 0.5) is 0 Å². The van der Waals surface area contributed by atoms with Crippen LogP contribution in [0, 0.1) is 0 Å². The topological polar surface area (TPSA) is 38.4 Å². The van der Waals surface area contributed by atoms with Crippen molar-refractivity contribution < 1.29 is 0 Å². The molecule has 0 radical (unpaired) electrons. The first kappa shape index (κ1) is 10.6. The molecule has 0 amide bonds. The minimum Gasteiger partial charge on any atom is -0.383 e. The Morgan fingerprint density at radius 2 is 1.87 bits per heavy atom. The highest BCUT2D eigenvalue weighted by Crippen LogP contribution is 2.19.